The molecule has 2 aromatic carbocycles. The first-order valence-electron chi connectivity index (χ1n) is 9.67. The van der Waals surface area contributed by atoms with Crippen molar-refractivity contribution in [2.75, 3.05) is 48.4 Å². The lowest BCUT2D eigenvalue weighted by atomic mass is 10.2. The maximum absolute atomic E-state index is 13.8. The van der Waals surface area contributed by atoms with Crippen LogP contribution >= 0.6 is 0 Å². The number of piperazine rings is 1. The number of hydrogen-bond donors (Lipinski definition) is 1. The number of hydrogen-bond acceptors (Lipinski definition) is 6. The Hall–Kier alpha value is -3.35. The van der Waals surface area contributed by atoms with Crippen molar-refractivity contribution in [3.8, 4) is 5.75 Å². The topological polar surface area (TPSA) is 53.5 Å². The lowest BCUT2D eigenvalue weighted by molar-refractivity contribution is 0.415. The number of halogens is 1. The third-order valence-corrected chi connectivity index (χ3v) is 5.08. The summed E-state index contributed by atoms with van der Waals surface area (Å²) < 4.78 is 19.0. The van der Waals surface area contributed by atoms with E-state index in [2.05, 4.69) is 37.2 Å². The van der Waals surface area contributed by atoms with Gasteiger partial charge in [-0.25, -0.2) is 9.37 Å². The minimum atomic E-state index is -0.231. The summed E-state index contributed by atoms with van der Waals surface area (Å²) in [4.78, 5) is 13.5. The zero-order valence-electron chi connectivity index (χ0n) is 16.4. The van der Waals surface area contributed by atoms with E-state index >= 15 is 0 Å². The molecule has 0 spiro atoms. The Bertz CT molecular complexity index is 942. The van der Waals surface area contributed by atoms with Crippen LogP contribution in [0.3, 0.4) is 0 Å². The highest BCUT2D eigenvalue weighted by Crippen LogP contribution is 2.22. The van der Waals surface area contributed by atoms with Crippen molar-refractivity contribution in [1.29, 1.82) is 0 Å². The first-order chi connectivity index (χ1) is 14.2. The van der Waals surface area contributed by atoms with Crippen LogP contribution in [0.1, 0.15) is 5.56 Å². The van der Waals surface area contributed by atoms with E-state index in [1.165, 1.54) is 11.8 Å². The van der Waals surface area contributed by atoms with E-state index in [4.69, 9.17) is 4.74 Å². The van der Waals surface area contributed by atoms with E-state index in [0.717, 1.165) is 37.7 Å². The van der Waals surface area contributed by atoms with Crippen molar-refractivity contribution in [2.45, 2.75) is 6.54 Å². The maximum atomic E-state index is 13.8. The van der Waals surface area contributed by atoms with Crippen LogP contribution in [-0.2, 0) is 6.54 Å². The summed E-state index contributed by atoms with van der Waals surface area (Å²) in [5, 5.41) is 3.12. The van der Waals surface area contributed by atoms with Crippen molar-refractivity contribution < 1.29 is 9.13 Å². The molecule has 1 aliphatic rings. The monoisotopic (exact) mass is 393 g/mol. The molecule has 29 heavy (non-hydrogen) atoms. The molecule has 1 saturated heterocycles. The number of aromatic nitrogens is 2. The number of rotatable bonds is 6. The molecule has 0 bridgehead atoms. The average Bonchev–Trinajstić information content (AvgIpc) is 2.79. The van der Waals surface area contributed by atoms with Gasteiger partial charge in [0.2, 0.25) is 5.95 Å². The highest BCUT2D eigenvalue weighted by molar-refractivity contribution is 5.52. The van der Waals surface area contributed by atoms with Gasteiger partial charge in [0.05, 0.1) is 7.11 Å². The minimum Gasteiger partial charge on any atom is -0.497 e. The van der Waals surface area contributed by atoms with Crippen molar-refractivity contribution in [3.05, 3.63) is 72.2 Å². The van der Waals surface area contributed by atoms with Gasteiger partial charge in [0.1, 0.15) is 17.4 Å². The molecule has 1 aliphatic heterocycles. The Balaban J connectivity index is 1.36. The molecule has 3 aromatic rings. The van der Waals surface area contributed by atoms with Crippen molar-refractivity contribution in [2.24, 2.45) is 0 Å². The summed E-state index contributed by atoms with van der Waals surface area (Å²) in [7, 11) is 1.68. The van der Waals surface area contributed by atoms with Gasteiger partial charge in [-0.05, 0) is 36.4 Å². The second-order valence-electron chi connectivity index (χ2n) is 6.86. The molecule has 150 valence electrons. The Morgan fingerprint density at radius 2 is 1.69 bits per heavy atom. The van der Waals surface area contributed by atoms with Crippen LogP contribution in [0.5, 0.6) is 5.75 Å². The number of anilines is 3. The van der Waals surface area contributed by atoms with Gasteiger partial charge < -0.3 is 19.9 Å². The number of benzene rings is 2. The van der Waals surface area contributed by atoms with Gasteiger partial charge in [-0.15, -0.1) is 0 Å². The van der Waals surface area contributed by atoms with Gasteiger partial charge in [0.15, 0.2) is 0 Å². The van der Waals surface area contributed by atoms with Crippen LogP contribution < -0.4 is 19.9 Å². The Morgan fingerprint density at radius 1 is 0.966 bits per heavy atom. The van der Waals surface area contributed by atoms with Crippen LogP contribution in [0.4, 0.5) is 21.8 Å². The third-order valence-electron chi connectivity index (χ3n) is 5.08. The highest BCUT2D eigenvalue weighted by Gasteiger charge is 2.19. The van der Waals surface area contributed by atoms with Crippen LogP contribution in [-0.4, -0.2) is 43.3 Å². The van der Waals surface area contributed by atoms with Crippen molar-refractivity contribution in [1.82, 2.24) is 9.97 Å². The molecule has 1 fully saturated rings. The molecule has 1 N–H and O–H groups in total. The summed E-state index contributed by atoms with van der Waals surface area (Å²) in [6.45, 7) is 3.91. The smallest absolute Gasteiger partial charge is 0.224 e. The van der Waals surface area contributed by atoms with Gasteiger partial charge in [0.25, 0.3) is 0 Å². The zero-order valence-corrected chi connectivity index (χ0v) is 16.4. The normalized spacial score (nSPS) is 14.0. The number of ether oxygens (including phenoxy) is 1. The second-order valence-corrected chi connectivity index (χ2v) is 6.86. The average molecular weight is 393 g/mol. The zero-order chi connectivity index (χ0) is 20.1. The summed E-state index contributed by atoms with van der Waals surface area (Å²) in [6.07, 6.45) is 1.74. The number of methoxy groups -OCH3 is 1. The minimum absolute atomic E-state index is 0.231. The number of nitrogens with zero attached hydrogens (tertiary/aromatic N) is 4. The molecule has 0 radical (unpaired) electrons. The first kappa shape index (κ1) is 19.0. The molecule has 0 aliphatic carbocycles. The Labute approximate surface area is 170 Å². The van der Waals surface area contributed by atoms with Crippen LogP contribution in [0, 0.1) is 5.82 Å². The SMILES string of the molecule is COc1ccc(N2CCN(c3ccnc(NCc4ccccc4F)n3)CC2)cc1. The molecule has 0 amide bonds. The molecule has 0 unspecified atom stereocenters. The lowest BCUT2D eigenvalue weighted by Crippen LogP contribution is -2.46. The maximum Gasteiger partial charge on any atom is 0.224 e. The fourth-order valence-corrected chi connectivity index (χ4v) is 3.41. The van der Waals surface area contributed by atoms with E-state index in [0.29, 0.717) is 18.1 Å². The van der Waals surface area contributed by atoms with E-state index < -0.39 is 0 Å². The fraction of sp³-hybridized carbons (Fsp3) is 0.273. The summed E-state index contributed by atoms with van der Waals surface area (Å²) in [5.74, 6) is 2.02. The Morgan fingerprint density at radius 3 is 2.41 bits per heavy atom. The molecule has 4 rings (SSSR count). The van der Waals surface area contributed by atoms with Crippen LogP contribution in [0.2, 0.25) is 0 Å². The van der Waals surface area contributed by atoms with Crippen LogP contribution in [0.15, 0.2) is 60.8 Å². The molecule has 0 atom stereocenters. The van der Waals surface area contributed by atoms with Gasteiger partial charge in [-0.3, -0.25) is 0 Å². The van der Waals surface area contributed by atoms with Crippen molar-refractivity contribution in [3.63, 3.8) is 0 Å². The van der Waals surface area contributed by atoms with Crippen LogP contribution in [0.25, 0.3) is 0 Å². The molecule has 7 heteroatoms. The summed E-state index contributed by atoms with van der Waals surface area (Å²) in [5.41, 5.74) is 1.79. The molecular weight excluding hydrogens is 369 g/mol. The van der Waals surface area contributed by atoms with Gasteiger partial charge in [-0.1, -0.05) is 18.2 Å². The van der Waals surface area contributed by atoms with Gasteiger partial charge >= 0.3 is 0 Å². The quantitative estimate of drug-likeness (QED) is 0.691. The van der Waals surface area contributed by atoms with Crippen molar-refractivity contribution >= 4 is 17.5 Å². The summed E-state index contributed by atoms with van der Waals surface area (Å²) >= 11 is 0. The molecule has 2 heterocycles. The fourth-order valence-electron chi connectivity index (χ4n) is 3.41. The van der Waals surface area contributed by atoms with Gasteiger partial charge in [-0.2, -0.15) is 4.98 Å². The van der Waals surface area contributed by atoms with Gasteiger partial charge in [0, 0.05) is 50.2 Å². The first-order valence-corrected chi connectivity index (χ1v) is 9.67. The molecule has 6 nitrogen and oxygen atoms in total. The van der Waals surface area contributed by atoms with E-state index in [1.54, 1.807) is 25.4 Å². The largest absolute Gasteiger partial charge is 0.497 e. The van der Waals surface area contributed by atoms with E-state index in [9.17, 15) is 4.39 Å². The molecule has 1 aromatic heterocycles. The Kier molecular flexibility index (Phi) is 5.74. The molecular formula is C22H24FN5O. The third kappa shape index (κ3) is 4.56. The van der Waals surface area contributed by atoms with E-state index in [1.807, 2.05) is 24.3 Å². The standard InChI is InChI=1S/C22H24FN5O/c1-29-19-8-6-18(7-9-19)27-12-14-28(15-13-27)21-10-11-24-22(26-21)25-16-17-4-2-3-5-20(17)23/h2-11H,12-16H2,1H3,(H,24,25,26). The summed E-state index contributed by atoms with van der Waals surface area (Å²) in [6, 6.07) is 16.8. The predicted molar refractivity (Wildman–Crippen MR) is 113 cm³/mol. The lowest BCUT2D eigenvalue weighted by Gasteiger charge is -2.36. The number of nitrogens with one attached hydrogen (secondary N) is 1. The van der Waals surface area contributed by atoms with E-state index in [-0.39, 0.29) is 5.82 Å². The second kappa shape index (κ2) is 8.77. The predicted octanol–water partition coefficient (Wildman–Crippen LogP) is 3.56. The highest BCUT2D eigenvalue weighted by atomic mass is 19.1. The molecule has 0 saturated carbocycles.